The van der Waals surface area contributed by atoms with Crippen LogP contribution in [0.25, 0.3) is 0 Å². The lowest BCUT2D eigenvalue weighted by Crippen LogP contribution is -2.13. The highest BCUT2D eigenvalue weighted by molar-refractivity contribution is 9.10. The number of benzene rings is 1. The van der Waals surface area contributed by atoms with Crippen molar-refractivity contribution in [3.05, 3.63) is 28.2 Å². The van der Waals surface area contributed by atoms with Crippen LogP contribution in [0.4, 0.5) is 0 Å². The molecule has 0 bridgehead atoms. The van der Waals surface area contributed by atoms with Crippen molar-refractivity contribution in [1.82, 2.24) is 0 Å². The third kappa shape index (κ3) is 4.94. The largest absolute Gasteiger partial charge is 0.493 e. The van der Waals surface area contributed by atoms with Crippen molar-refractivity contribution in [2.24, 2.45) is 5.73 Å². The standard InChI is InChI=1S/C14H20BrNOS/c1-2-3-4-5-6-10-17-12-9-7-8-11(15)13(12)14(16)18/h7-9H,2-6,10H2,1H3,(H2,16,18). The van der Waals surface area contributed by atoms with Gasteiger partial charge in [-0.3, -0.25) is 0 Å². The molecule has 100 valence electrons. The summed E-state index contributed by atoms with van der Waals surface area (Å²) in [5, 5.41) is 0. The lowest BCUT2D eigenvalue weighted by Gasteiger charge is -2.12. The maximum atomic E-state index is 5.76. The van der Waals surface area contributed by atoms with Crippen molar-refractivity contribution in [3.8, 4) is 5.75 Å². The SMILES string of the molecule is CCCCCCCOc1cccc(Br)c1C(N)=S. The third-order valence-electron chi connectivity index (χ3n) is 2.73. The van der Waals surface area contributed by atoms with Crippen LogP contribution in [0.1, 0.15) is 44.6 Å². The smallest absolute Gasteiger partial charge is 0.130 e. The lowest BCUT2D eigenvalue weighted by atomic mass is 10.1. The molecule has 0 aromatic heterocycles. The summed E-state index contributed by atoms with van der Waals surface area (Å²) in [5.74, 6) is 0.771. The Hall–Kier alpha value is -0.610. The molecule has 2 N–H and O–H groups in total. The zero-order valence-corrected chi connectivity index (χ0v) is 13.1. The fourth-order valence-corrected chi connectivity index (χ4v) is 2.65. The number of hydrogen-bond acceptors (Lipinski definition) is 2. The van der Waals surface area contributed by atoms with Crippen LogP contribution in [0, 0.1) is 0 Å². The van der Waals surface area contributed by atoms with Crippen LogP contribution in [0.3, 0.4) is 0 Å². The van der Waals surface area contributed by atoms with Crippen molar-refractivity contribution < 1.29 is 4.74 Å². The second kappa shape index (κ2) is 8.48. The van der Waals surface area contributed by atoms with Crippen LogP contribution in [-0.2, 0) is 0 Å². The van der Waals surface area contributed by atoms with Gasteiger partial charge in [0, 0.05) is 4.47 Å². The summed E-state index contributed by atoms with van der Waals surface area (Å²) < 4.78 is 6.65. The monoisotopic (exact) mass is 329 g/mol. The summed E-state index contributed by atoms with van der Waals surface area (Å²) in [5.41, 5.74) is 6.50. The Labute approximate surface area is 123 Å². The van der Waals surface area contributed by atoms with Gasteiger partial charge in [0.15, 0.2) is 0 Å². The maximum Gasteiger partial charge on any atom is 0.130 e. The van der Waals surface area contributed by atoms with Crippen molar-refractivity contribution in [1.29, 1.82) is 0 Å². The molecule has 0 heterocycles. The minimum absolute atomic E-state index is 0.364. The van der Waals surface area contributed by atoms with E-state index in [1.807, 2.05) is 18.2 Å². The number of nitrogens with two attached hydrogens (primary N) is 1. The summed E-state index contributed by atoms with van der Waals surface area (Å²) in [7, 11) is 0. The zero-order valence-electron chi connectivity index (χ0n) is 10.7. The molecular weight excluding hydrogens is 310 g/mol. The molecule has 0 aliphatic carbocycles. The molecule has 0 radical (unpaired) electrons. The average Bonchev–Trinajstić information content (AvgIpc) is 2.33. The quantitative estimate of drug-likeness (QED) is 0.566. The van der Waals surface area contributed by atoms with Crippen molar-refractivity contribution in [2.45, 2.75) is 39.0 Å². The first kappa shape index (κ1) is 15.4. The maximum absolute atomic E-state index is 5.76. The van der Waals surface area contributed by atoms with Crippen LogP contribution in [0.5, 0.6) is 5.75 Å². The van der Waals surface area contributed by atoms with E-state index < -0.39 is 0 Å². The Morgan fingerprint density at radius 1 is 1.28 bits per heavy atom. The van der Waals surface area contributed by atoms with Crippen LogP contribution in [-0.4, -0.2) is 11.6 Å². The summed E-state index contributed by atoms with van der Waals surface area (Å²) in [4.78, 5) is 0.364. The Bertz CT molecular complexity index is 395. The molecule has 0 amide bonds. The van der Waals surface area contributed by atoms with E-state index in [9.17, 15) is 0 Å². The molecule has 0 spiro atoms. The first-order valence-corrected chi connectivity index (χ1v) is 7.58. The molecule has 2 nitrogen and oxygen atoms in total. The van der Waals surface area contributed by atoms with Crippen molar-refractivity contribution >= 4 is 33.1 Å². The van der Waals surface area contributed by atoms with Crippen LogP contribution >= 0.6 is 28.1 Å². The van der Waals surface area contributed by atoms with E-state index in [0.29, 0.717) is 4.99 Å². The normalized spacial score (nSPS) is 10.3. The van der Waals surface area contributed by atoms with E-state index in [1.54, 1.807) is 0 Å². The first-order chi connectivity index (χ1) is 8.66. The Balaban J connectivity index is 2.47. The van der Waals surface area contributed by atoms with Gasteiger partial charge in [0.1, 0.15) is 10.7 Å². The summed E-state index contributed by atoms with van der Waals surface area (Å²) in [6.07, 6.45) is 6.13. The predicted octanol–water partition coefficient (Wildman–Crippen LogP) is 4.43. The number of rotatable bonds is 8. The number of hydrogen-bond donors (Lipinski definition) is 1. The van der Waals surface area contributed by atoms with Gasteiger partial charge in [-0.2, -0.15) is 0 Å². The number of halogens is 1. The molecule has 1 aromatic carbocycles. The van der Waals surface area contributed by atoms with Crippen molar-refractivity contribution in [3.63, 3.8) is 0 Å². The Morgan fingerprint density at radius 2 is 2.00 bits per heavy atom. The Kier molecular flexibility index (Phi) is 7.28. The molecule has 1 aromatic rings. The fourth-order valence-electron chi connectivity index (χ4n) is 1.75. The second-order valence-corrected chi connectivity index (χ2v) is 5.53. The van der Waals surface area contributed by atoms with E-state index in [1.165, 1.54) is 25.7 Å². The lowest BCUT2D eigenvalue weighted by molar-refractivity contribution is 0.304. The van der Waals surface area contributed by atoms with E-state index in [0.717, 1.165) is 28.8 Å². The number of ether oxygens (including phenoxy) is 1. The van der Waals surface area contributed by atoms with Gasteiger partial charge in [0.05, 0.1) is 12.2 Å². The van der Waals surface area contributed by atoms with Gasteiger partial charge in [0.2, 0.25) is 0 Å². The van der Waals surface area contributed by atoms with Gasteiger partial charge in [-0.05, 0) is 34.5 Å². The average molecular weight is 330 g/mol. The van der Waals surface area contributed by atoms with Gasteiger partial charge in [-0.1, -0.05) is 50.9 Å². The highest BCUT2D eigenvalue weighted by Crippen LogP contribution is 2.26. The summed E-state index contributed by atoms with van der Waals surface area (Å²) in [6, 6.07) is 5.76. The van der Waals surface area contributed by atoms with Gasteiger partial charge in [-0.25, -0.2) is 0 Å². The van der Waals surface area contributed by atoms with Crippen LogP contribution < -0.4 is 10.5 Å². The molecule has 0 aliphatic rings. The third-order valence-corrected chi connectivity index (χ3v) is 3.59. The molecule has 0 fully saturated rings. The molecule has 0 atom stereocenters. The molecular formula is C14H20BrNOS. The van der Waals surface area contributed by atoms with E-state index in [-0.39, 0.29) is 0 Å². The summed E-state index contributed by atoms with van der Waals surface area (Å²) in [6.45, 7) is 2.93. The Morgan fingerprint density at radius 3 is 2.67 bits per heavy atom. The van der Waals surface area contributed by atoms with Gasteiger partial charge in [0.25, 0.3) is 0 Å². The van der Waals surface area contributed by atoms with E-state index >= 15 is 0 Å². The predicted molar refractivity (Wildman–Crippen MR) is 84.3 cm³/mol. The molecule has 4 heteroatoms. The van der Waals surface area contributed by atoms with E-state index in [4.69, 9.17) is 22.7 Å². The molecule has 18 heavy (non-hydrogen) atoms. The van der Waals surface area contributed by atoms with Crippen molar-refractivity contribution in [2.75, 3.05) is 6.61 Å². The highest BCUT2D eigenvalue weighted by Gasteiger charge is 2.10. The minimum atomic E-state index is 0.364. The zero-order chi connectivity index (χ0) is 13.4. The highest BCUT2D eigenvalue weighted by atomic mass is 79.9. The van der Waals surface area contributed by atoms with Gasteiger partial charge in [-0.15, -0.1) is 0 Å². The number of unbranched alkanes of at least 4 members (excludes halogenated alkanes) is 4. The van der Waals surface area contributed by atoms with Gasteiger partial charge < -0.3 is 10.5 Å². The fraction of sp³-hybridized carbons (Fsp3) is 0.500. The molecule has 0 aliphatic heterocycles. The molecule has 0 unspecified atom stereocenters. The van der Waals surface area contributed by atoms with Crippen LogP contribution in [0.2, 0.25) is 0 Å². The van der Waals surface area contributed by atoms with Crippen LogP contribution in [0.15, 0.2) is 22.7 Å². The summed E-state index contributed by atoms with van der Waals surface area (Å²) >= 11 is 8.48. The van der Waals surface area contributed by atoms with Gasteiger partial charge >= 0.3 is 0 Å². The molecule has 1 rings (SSSR count). The minimum Gasteiger partial charge on any atom is -0.493 e. The number of thiocarbonyl (C=S) groups is 1. The first-order valence-electron chi connectivity index (χ1n) is 6.38. The second-order valence-electron chi connectivity index (χ2n) is 4.24. The molecule has 0 saturated carbocycles. The topological polar surface area (TPSA) is 35.2 Å². The molecule has 0 saturated heterocycles. The van der Waals surface area contributed by atoms with E-state index in [2.05, 4.69) is 22.9 Å².